The number of hydrogen-bond donors (Lipinski definition) is 1. The lowest BCUT2D eigenvalue weighted by Crippen LogP contribution is -2.34. The van der Waals surface area contributed by atoms with Gasteiger partial charge in [-0.25, -0.2) is 4.98 Å². The Labute approximate surface area is 121 Å². The van der Waals surface area contributed by atoms with Crippen LogP contribution in [0.3, 0.4) is 0 Å². The Morgan fingerprint density at radius 3 is 2.79 bits per heavy atom. The predicted octanol–water partition coefficient (Wildman–Crippen LogP) is 3.80. The third-order valence-corrected chi connectivity index (χ3v) is 5.74. The predicted molar refractivity (Wildman–Crippen MR) is 81.6 cm³/mol. The van der Waals surface area contributed by atoms with Crippen LogP contribution in [0.4, 0.5) is 0 Å². The molecule has 2 nitrogen and oxygen atoms in total. The summed E-state index contributed by atoms with van der Waals surface area (Å²) in [7, 11) is 0. The van der Waals surface area contributed by atoms with Gasteiger partial charge in [-0.3, -0.25) is 0 Å². The third-order valence-electron chi connectivity index (χ3n) is 4.75. The number of nitrogens with zero attached hydrogens (tertiary/aromatic N) is 1. The highest BCUT2D eigenvalue weighted by Gasteiger charge is 2.31. The first-order chi connectivity index (χ1) is 9.20. The molecular formula is C16H26N2S. The van der Waals surface area contributed by atoms with Gasteiger partial charge in [-0.2, -0.15) is 0 Å². The summed E-state index contributed by atoms with van der Waals surface area (Å²) < 4.78 is 0. The van der Waals surface area contributed by atoms with Crippen LogP contribution in [0.25, 0.3) is 0 Å². The molecule has 3 unspecified atom stereocenters. The van der Waals surface area contributed by atoms with Gasteiger partial charge in [-0.15, -0.1) is 11.3 Å². The molecule has 0 spiro atoms. The second kappa shape index (κ2) is 5.92. The normalized spacial score (nSPS) is 31.6. The van der Waals surface area contributed by atoms with E-state index in [1.165, 1.54) is 55.8 Å². The fourth-order valence-corrected chi connectivity index (χ4v) is 4.27. The highest BCUT2D eigenvalue weighted by atomic mass is 32.1. The lowest BCUT2D eigenvalue weighted by Gasteiger charge is -2.35. The summed E-state index contributed by atoms with van der Waals surface area (Å²) >= 11 is 1.85. The maximum atomic E-state index is 4.67. The van der Waals surface area contributed by atoms with Crippen molar-refractivity contribution in [2.24, 2.45) is 17.8 Å². The fourth-order valence-electron chi connectivity index (χ4n) is 3.41. The number of aryl methyl sites for hydroxylation is 1. The lowest BCUT2D eigenvalue weighted by atomic mass is 9.73. The standard InChI is InChI=1S/C16H26N2S/c1-11-3-4-13(9-17-15-5-6-15)14(7-11)8-16-18-12(2)10-19-16/h10-11,13-15,17H,3-9H2,1-2H3. The summed E-state index contributed by atoms with van der Waals surface area (Å²) in [5.41, 5.74) is 1.19. The average molecular weight is 278 g/mol. The molecule has 2 aliphatic carbocycles. The molecule has 3 heteroatoms. The smallest absolute Gasteiger partial charge is 0.0930 e. The van der Waals surface area contributed by atoms with E-state index in [1.807, 2.05) is 11.3 Å². The first kappa shape index (κ1) is 13.6. The minimum absolute atomic E-state index is 0.848. The van der Waals surface area contributed by atoms with Crippen LogP contribution in [0.15, 0.2) is 5.38 Å². The van der Waals surface area contributed by atoms with E-state index in [-0.39, 0.29) is 0 Å². The zero-order valence-corrected chi connectivity index (χ0v) is 13.0. The van der Waals surface area contributed by atoms with Crippen molar-refractivity contribution in [1.29, 1.82) is 0 Å². The minimum Gasteiger partial charge on any atom is -0.314 e. The summed E-state index contributed by atoms with van der Waals surface area (Å²) in [5.74, 6) is 2.63. The van der Waals surface area contributed by atoms with Crippen LogP contribution in [0.1, 0.15) is 49.7 Å². The summed E-state index contributed by atoms with van der Waals surface area (Å²) in [6.07, 6.45) is 8.24. The molecule has 0 saturated heterocycles. The molecule has 0 amide bonds. The third kappa shape index (κ3) is 3.79. The largest absolute Gasteiger partial charge is 0.314 e. The van der Waals surface area contributed by atoms with Gasteiger partial charge in [-0.05, 0) is 56.9 Å². The van der Waals surface area contributed by atoms with E-state index < -0.39 is 0 Å². The number of thiazole rings is 1. The molecule has 1 heterocycles. The molecule has 2 aliphatic rings. The molecule has 1 aromatic heterocycles. The Morgan fingerprint density at radius 1 is 1.26 bits per heavy atom. The maximum absolute atomic E-state index is 4.67. The Hall–Kier alpha value is -0.410. The summed E-state index contributed by atoms with van der Waals surface area (Å²) in [6, 6.07) is 0.849. The van der Waals surface area contributed by atoms with Crippen molar-refractivity contribution in [2.45, 2.75) is 58.4 Å². The molecule has 19 heavy (non-hydrogen) atoms. The second-order valence-corrected chi connectivity index (χ2v) is 7.65. The van der Waals surface area contributed by atoms with Gasteiger partial charge in [0.1, 0.15) is 0 Å². The molecule has 1 N–H and O–H groups in total. The van der Waals surface area contributed by atoms with Gasteiger partial charge in [0, 0.05) is 23.5 Å². The lowest BCUT2D eigenvalue weighted by molar-refractivity contribution is 0.183. The molecular weight excluding hydrogens is 252 g/mol. The molecule has 106 valence electrons. The van der Waals surface area contributed by atoms with Crippen molar-refractivity contribution in [3.8, 4) is 0 Å². The van der Waals surface area contributed by atoms with Crippen LogP contribution >= 0.6 is 11.3 Å². The van der Waals surface area contributed by atoms with Crippen LogP contribution in [-0.2, 0) is 6.42 Å². The molecule has 0 bridgehead atoms. The van der Waals surface area contributed by atoms with Gasteiger partial charge < -0.3 is 5.32 Å². The topological polar surface area (TPSA) is 24.9 Å². The molecule has 0 aliphatic heterocycles. The Balaban J connectivity index is 1.59. The van der Waals surface area contributed by atoms with Crippen molar-refractivity contribution in [3.05, 3.63) is 16.1 Å². The summed E-state index contributed by atoms with van der Waals surface area (Å²) in [6.45, 7) is 5.77. The maximum Gasteiger partial charge on any atom is 0.0930 e. The number of rotatable bonds is 5. The molecule has 0 radical (unpaired) electrons. The van der Waals surface area contributed by atoms with Crippen LogP contribution in [0, 0.1) is 24.7 Å². The van der Waals surface area contributed by atoms with Crippen LogP contribution in [0.2, 0.25) is 0 Å². The van der Waals surface area contributed by atoms with Crippen molar-refractivity contribution in [3.63, 3.8) is 0 Å². The molecule has 2 saturated carbocycles. The van der Waals surface area contributed by atoms with Crippen LogP contribution in [-0.4, -0.2) is 17.6 Å². The van der Waals surface area contributed by atoms with E-state index in [9.17, 15) is 0 Å². The second-order valence-electron chi connectivity index (χ2n) is 6.71. The highest BCUT2D eigenvalue weighted by Crippen LogP contribution is 2.36. The van der Waals surface area contributed by atoms with Crippen LogP contribution in [0.5, 0.6) is 0 Å². The van der Waals surface area contributed by atoms with E-state index in [0.717, 1.165) is 23.8 Å². The first-order valence-corrected chi connectivity index (χ1v) is 8.73. The van der Waals surface area contributed by atoms with Crippen molar-refractivity contribution < 1.29 is 0 Å². The molecule has 2 fully saturated rings. The summed E-state index contributed by atoms with van der Waals surface area (Å²) in [5, 5.41) is 7.29. The van der Waals surface area contributed by atoms with Crippen LogP contribution < -0.4 is 5.32 Å². The van der Waals surface area contributed by atoms with Crippen molar-refractivity contribution >= 4 is 11.3 Å². The molecule has 3 atom stereocenters. The van der Waals surface area contributed by atoms with Gasteiger partial charge in [0.15, 0.2) is 0 Å². The zero-order chi connectivity index (χ0) is 13.2. The number of aromatic nitrogens is 1. The SMILES string of the molecule is Cc1csc(CC2CC(C)CCC2CNC2CC2)n1. The summed E-state index contributed by atoms with van der Waals surface area (Å²) in [4.78, 5) is 4.67. The van der Waals surface area contributed by atoms with E-state index in [0.29, 0.717) is 0 Å². The number of nitrogens with one attached hydrogen (secondary N) is 1. The minimum atomic E-state index is 0.848. The monoisotopic (exact) mass is 278 g/mol. The zero-order valence-electron chi connectivity index (χ0n) is 12.2. The van der Waals surface area contributed by atoms with Crippen molar-refractivity contribution in [2.75, 3.05) is 6.54 Å². The van der Waals surface area contributed by atoms with E-state index in [1.54, 1.807) is 0 Å². The van der Waals surface area contributed by atoms with E-state index in [2.05, 4.69) is 29.5 Å². The van der Waals surface area contributed by atoms with Gasteiger partial charge in [0.25, 0.3) is 0 Å². The van der Waals surface area contributed by atoms with Crippen molar-refractivity contribution in [1.82, 2.24) is 10.3 Å². The van der Waals surface area contributed by atoms with Gasteiger partial charge in [0.05, 0.1) is 5.01 Å². The van der Waals surface area contributed by atoms with E-state index >= 15 is 0 Å². The Morgan fingerprint density at radius 2 is 2.11 bits per heavy atom. The first-order valence-electron chi connectivity index (χ1n) is 7.85. The molecule has 1 aromatic rings. The van der Waals surface area contributed by atoms with Gasteiger partial charge >= 0.3 is 0 Å². The molecule has 0 aromatic carbocycles. The van der Waals surface area contributed by atoms with E-state index in [4.69, 9.17) is 0 Å². The Kier molecular flexibility index (Phi) is 4.23. The highest BCUT2D eigenvalue weighted by molar-refractivity contribution is 7.09. The Bertz CT molecular complexity index is 411. The quantitative estimate of drug-likeness (QED) is 0.886. The van der Waals surface area contributed by atoms with Gasteiger partial charge in [0.2, 0.25) is 0 Å². The average Bonchev–Trinajstić information content (AvgIpc) is 3.12. The molecule has 3 rings (SSSR count). The van der Waals surface area contributed by atoms with Gasteiger partial charge in [-0.1, -0.05) is 13.3 Å². The fraction of sp³-hybridized carbons (Fsp3) is 0.812. The number of hydrogen-bond acceptors (Lipinski definition) is 3.